The van der Waals surface area contributed by atoms with Crippen LogP contribution < -0.4 is 5.43 Å². The molecule has 0 saturated heterocycles. The number of carboxylic acid groups (broad SMARTS) is 1. The number of carbonyl (C=O) groups is 1. The average molecular weight is 189 g/mol. The Bertz CT molecular complexity index is 243. The van der Waals surface area contributed by atoms with E-state index >= 15 is 0 Å². The first kappa shape index (κ1) is 9.34. The van der Waals surface area contributed by atoms with Gasteiger partial charge in [0.2, 0.25) is 5.66 Å². The molecule has 0 radical (unpaired) electrons. The first-order valence-electron chi connectivity index (χ1n) is 3.38. The molecule has 5 nitrogen and oxygen atoms in total. The molecule has 6 heteroatoms. The fourth-order valence-electron chi connectivity index (χ4n) is 0.944. The lowest BCUT2D eigenvalue weighted by Crippen LogP contribution is -2.49. The average Bonchev–Trinajstić information content (AvgIpc) is 2.27. The summed E-state index contributed by atoms with van der Waals surface area (Å²) in [4.78, 5) is 14.7. The Morgan fingerprint density at radius 1 is 1.83 bits per heavy atom. The molecule has 0 spiro atoms. The van der Waals surface area contributed by atoms with Crippen LogP contribution in [-0.4, -0.2) is 40.2 Å². The van der Waals surface area contributed by atoms with Crippen molar-refractivity contribution in [3.05, 3.63) is 0 Å². The van der Waals surface area contributed by atoms with E-state index in [9.17, 15) is 4.79 Å². The number of nitrogens with zero attached hydrogens (tertiary/aromatic N) is 2. The van der Waals surface area contributed by atoms with Gasteiger partial charge >= 0.3 is 5.97 Å². The highest BCUT2D eigenvalue weighted by molar-refractivity contribution is 8.13. The second-order valence-corrected chi connectivity index (χ2v) is 3.42. The second kappa shape index (κ2) is 2.95. The van der Waals surface area contributed by atoms with Crippen LogP contribution in [0.3, 0.4) is 0 Å². The van der Waals surface area contributed by atoms with Crippen molar-refractivity contribution >= 4 is 22.9 Å². The zero-order valence-corrected chi connectivity index (χ0v) is 7.97. The molecule has 0 aromatic heterocycles. The molecule has 0 amide bonds. The summed E-state index contributed by atoms with van der Waals surface area (Å²) >= 11 is 1.41. The Morgan fingerprint density at radius 2 is 2.42 bits per heavy atom. The summed E-state index contributed by atoms with van der Waals surface area (Å²) in [6, 6.07) is 0. The molecule has 2 N–H and O–H groups in total. The van der Waals surface area contributed by atoms with E-state index in [-0.39, 0.29) is 0 Å². The first-order chi connectivity index (χ1) is 5.49. The molecular formula is C6H11N3O2S. The van der Waals surface area contributed by atoms with Crippen molar-refractivity contribution in [3.63, 3.8) is 0 Å². The zero-order valence-electron chi connectivity index (χ0n) is 7.16. The first-order valence-corrected chi connectivity index (χ1v) is 4.61. The molecule has 1 aliphatic heterocycles. The third kappa shape index (κ3) is 1.39. The van der Waals surface area contributed by atoms with Gasteiger partial charge in [-0.15, -0.1) is 0 Å². The molecule has 0 aromatic carbocycles. The highest BCUT2D eigenvalue weighted by Gasteiger charge is 2.39. The second-order valence-electron chi connectivity index (χ2n) is 2.65. The van der Waals surface area contributed by atoms with Crippen molar-refractivity contribution in [2.45, 2.75) is 12.6 Å². The number of nitrogens with one attached hydrogen (secondary N) is 1. The number of hydrogen-bond acceptors (Lipinski definition) is 5. The molecule has 1 unspecified atom stereocenters. The SMILES string of the molecule is CSC1=NC(C)(C(=O)O)NN1C. The van der Waals surface area contributed by atoms with Gasteiger partial charge < -0.3 is 5.11 Å². The van der Waals surface area contributed by atoms with Crippen molar-refractivity contribution in [3.8, 4) is 0 Å². The Kier molecular flexibility index (Phi) is 2.29. The minimum Gasteiger partial charge on any atom is -0.478 e. The summed E-state index contributed by atoms with van der Waals surface area (Å²) < 4.78 is 0. The van der Waals surface area contributed by atoms with E-state index in [0.717, 1.165) is 0 Å². The predicted molar refractivity (Wildman–Crippen MR) is 47.9 cm³/mol. The van der Waals surface area contributed by atoms with Crippen molar-refractivity contribution < 1.29 is 9.90 Å². The van der Waals surface area contributed by atoms with Gasteiger partial charge in [-0.05, 0) is 13.2 Å². The predicted octanol–water partition coefficient (Wildman–Crippen LogP) is -0.0438. The molecule has 1 atom stereocenters. The zero-order chi connectivity index (χ0) is 9.35. The van der Waals surface area contributed by atoms with Gasteiger partial charge in [0.25, 0.3) is 0 Å². The van der Waals surface area contributed by atoms with Gasteiger partial charge in [-0.3, -0.25) is 5.01 Å². The van der Waals surface area contributed by atoms with E-state index in [4.69, 9.17) is 5.11 Å². The van der Waals surface area contributed by atoms with E-state index in [1.165, 1.54) is 18.7 Å². The van der Waals surface area contributed by atoms with Crippen molar-refractivity contribution in [1.82, 2.24) is 10.4 Å². The summed E-state index contributed by atoms with van der Waals surface area (Å²) in [5.41, 5.74) is 1.54. The lowest BCUT2D eigenvalue weighted by molar-refractivity contribution is -0.144. The van der Waals surface area contributed by atoms with Gasteiger partial charge in [-0.2, -0.15) is 5.43 Å². The van der Waals surface area contributed by atoms with Crippen LogP contribution in [0.15, 0.2) is 4.99 Å². The van der Waals surface area contributed by atoms with Crippen LogP contribution in [0.2, 0.25) is 0 Å². The van der Waals surface area contributed by atoms with E-state index in [1.807, 2.05) is 6.26 Å². The lowest BCUT2D eigenvalue weighted by atomic mass is 10.2. The number of carboxylic acids is 1. The van der Waals surface area contributed by atoms with E-state index in [2.05, 4.69) is 10.4 Å². The minimum absolute atomic E-state index is 0.680. The third-order valence-electron chi connectivity index (χ3n) is 1.59. The van der Waals surface area contributed by atoms with Gasteiger partial charge in [0, 0.05) is 7.05 Å². The summed E-state index contributed by atoms with van der Waals surface area (Å²) in [6.07, 6.45) is 1.85. The Morgan fingerprint density at radius 3 is 2.67 bits per heavy atom. The fourth-order valence-corrected chi connectivity index (χ4v) is 1.54. The third-order valence-corrected chi connectivity index (χ3v) is 2.32. The highest BCUT2D eigenvalue weighted by atomic mass is 32.2. The van der Waals surface area contributed by atoms with Crippen LogP contribution in [0.25, 0.3) is 0 Å². The normalized spacial score (nSPS) is 28.9. The number of aliphatic imine (C=N–C) groups is 1. The molecular weight excluding hydrogens is 178 g/mol. The molecule has 68 valence electrons. The quantitative estimate of drug-likeness (QED) is 0.605. The van der Waals surface area contributed by atoms with Crippen LogP contribution in [0, 0.1) is 0 Å². The van der Waals surface area contributed by atoms with Gasteiger partial charge in [0.15, 0.2) is 5.17 Å². The number of thioether (sulfide) groups is 1. The van der Waals surface area contributed by atoms with Crippen molar-refractivity contribution in [2.24, 2.45) is 4.99 Å². The topological polar surface area (TPSA) is 64.9 Å². The number of aliphatic carboxylic acids is 1. The van der Waals surface area contributed by atoms with Gasteiger partial charge in [-0.1, -0.05) is 11.8 Å². The van der Waals surface area contributed by atoms with Crippen molar-refractivity contribution in [1.29, 1.82) is 0 Å². The standard InChI is InChI=1S/C6H11N3O2S/c1-6(4(10)11)7-5(12-3)9(2)8-6/h8H,1-3H3,(H,10,11). The molecule has 1 aliphatic rings. The summed E-state index contributed by atoms with van der Waals surface area (Å²) in [7, 11) is 1.74. The van der Waals surface area contributed by atoms with Crippen LogP contribution in [0.1, 0.15) is 6.92 Å². The largest absolute Gasteiger partial charge is 0.478 e. The molecule has 0 aliphatic carbocycles. The van der Waals surface area contributed by atoms with Crippen LogP contribution >= 0.6 is 11.8 Å². The maximum atomic E-state index is 10.7. The maximum absolute atomic E-state index is 10.7. The summed E-state index contributed by atoms with van der Waals surface area (Å²) in [5.74, 6) is -0.974. The van der Waals surface area contributed by atoms with E-state index in [0.29, 0.717) is 5.17 Å². The van der Waals surface area contributed by atoms with E-state index < -0.39 is 11.6 Å². The van der Waals surface area contributed by atoms with Crippen molar-refractivity contribution in [2.75, 3.05) is 13.3 Å². The monoisotopic (exact) mass is 189 g/mol. The molecule has 0 fully saturated rings. The molecule has 0 bridgehead atoms. The van der Waals surface area contributed by atoms with Crippen LogP contribution in [0.5, 0.6) is 0 Å². The molecule has 1 rings (SSSR count). The van der Waals surface area contributed by atoms with Gasteiger partial charge in [0.1, 0.15) is 0 Å². The fraction of sp³-hybridized carbons (Fsp3) is 0.667. The number of rotatable bonds is 1. The smallest absolute Gasteiger partial charge is 0.348 e. The summed E-state index contributed by atoms with van der Waals surface area (Å²) in [5, 5.41) is 11.1. The Labute approximate surface area is 74.8 Å². The molecule has 0 saturated carbocycles. The highest BCUT2D eigenvalue weighted by Crippen LogP contribution is 2.18. The van der Waals surface area contributed by atoms with Gasteiger partial charge in [0.05, 0.1) is 0 Å². The molecule has 0 aromatic rings. The number of amidine groups is 1. The Balaban J connectivity index is 2.88. The number of hydrogen-bond donors (Lipinski definition) is 2. The minimum atomic E-state index is -1.20. The van der Waals surface area contributed by atoms with E-state index in [1.54, 1.807) is 12.1 Å². The van der Waals surface area contributed by atoms with Crippen LogP contribution in [0.4, 0.5) is 0 Å². The molecule has 1 heterocycles. The Hall–Kier alpha value is -0.750. The number of hydrazine groups is 1. The maximum Gasteiger partial charge on any atom is 0.348 e. The van der Waals surface area contributed by atoms with Crippen LogP contribution in [-0.2, 0) is 4.79 Å². The van der Waals surface area contributed by atoms with Gasteiger partial charge in [-0.25, -0.2) is 9.79 Å². The molecule has 12 heavy (non-hydrogen) atoms. The lowest BCUT2D eigenvalue weighted by Gasteiger charge is -2.18. The summed E-state index contributed by atoms with van der Waals surface area (Å²) in [6.45, 7) is 1.52.